The van der Waals surface area contributed by atoms with E-state index in [1.165, 1.54) is 12.1 Å². The van der Waals surface area contributed by atoms with Gasteiger partial charge in [-0.3, -0.25) is 5.32 Å². The van der Waals surface area contributed by atoms with E-state index in [1.54, 1.807) is 6.07 Å². The highest BCUT2D eigenvalue weighted by Gasteiger charge is 1.99. The Morgan fingerprint density at radius 1 is 1.15 bits per heavy atom. The van der Waals surface area contributed by atoms with Gasteiger partial charge < -0.3 is 15.3 Å². The van der Waals surface area contributed by atoms with Gasteiger partial charge in [0.15, 0.2) is 11.5 Å². The number of phenols is 2. The normalized spacial score (nSPS) is 10.2. The molecule has 0 spiro atoms. The van der Waals surface area contributed by atoms with Crippen LogP contribution in [0.15, 0.2) is 18.2 Å². The first-order valence-corrected chi connectivity index (χ1v) is 4.06. The Bertz CT molecular complexity index is 276. The third kappa shape index (κ3) is 2.93. The monoisotopic (exact) mass is 183 g/mol. The van der Waals surface area contributed by atoms with Crippen LogP contribution < -0.4 is 5.32 Å². The van der Waals surface area contributed by atoms with Crippen molar-refractivity contribution in [2.45, 2.75) is 6.42 Å². The second kappa shape index (κ2) is 4.69. The van der Waals surface area contributed by atoms with Gasteiger partial charge in [0, 0.05) is 6.54 Å². The van der Waals surface area contributed by atoms with E-state index in [2.05, 4.69) is 5.32 Å². The van der Waals surface area contributed by atoms with Crippen molar-refractivity contribution in [3.8, 4) is 11.5 Å². The Hall–Kier alpha value is -1.26. The number of benzene rings is 1. The van der Waals surface area contributed by atoms with Gasteiger partial charge in [-0.15, -0.1) is 0 Å². The summed E-state index contributed by atoms with van der Waals surface area (Å²) in [6, 6.07) is 4.69. The van der Waals surface area contributed by atoms with E-state index in [-0.39, 0.29) is 18.2 Å². The topological polar surface area (TPSA) is 72.7 Å². The number of nitrogens with one attached hydrogen (secondary N) is 1. The van der Waals surface area contributed by atoms with Gasteiger partial charge in [-0.2, -0.15) is 0 Å². The van der Waals surface area contributed by atoms with Crippen molar-refractivity contribution < 1.29 is 15.3 Å². The molecule has 4 nitrogen and oxygen atoms in total. The fourth-order valence-electron chi connectivity index (χ4n) is 1.04. The molecule has 13 heavy (non-hydrogen) atoms. The molecule has 1 rings (SSSR count). The Balaban J connectivity index is 2.53. The van der Waals surface area contributed by atoms with Crippen molar-refractivity contribution in [3.05, 3.63) is 23.8 Å². The third-order valence-electron chi connectivity index (χ3n) is 1.74. The molecule has 0 amide bonds. The van der Waals surface area contributed by atoms with Crippen molar-refractivity contribution in [1.29, 1.82) is 0 Å². The zero-order chi connectivity index (χ0) is 9.68. The fraction of sp³-hybridized carbons (Fsp3) is 0.333. The van der Waals surface area contributed by atoms with Gasteiger partial charge >= 0.3 is 0 Å². The summed E-state index contributed by atoms with van der Waals surface area (Å²) in [5.41, 5.74) is 0.913. The highest BCUT2D eigenvalue weighted by Crippen LogP contribution is 2.24. The summed E-state index contributed by atoms with van der Waals surface area (Å²) in [7, 11) is 0. The number of rotatable bonds is 4. The maximum atomic E-state index is 9.14. The highest BCUT2D eigenvalue weighted by atomic mass is 16.3. The van der Waals surface area contributed by atoms with Gasteiger partial charge in [-0.1, -0.05) is 6.07 Å². The minimum absolute atomic E-state index is 0.0515. The number of phenolic OH excluding ortho intramolecular Hbond substituents is 2. The molecular weight excluding hydrogens is 170 g/mol. The molecule has 0 heterocycles. The largest absolute Gasteiger partial charge is 0.504 e. The lowest BCUT2D eigenvalue weighted by atomic mass is 10.1. The molecule has 0 saturated heterocycles. The summed E-state index contributed by atoms with van der Waals surface area (Å²) in [6.45, 7) is 0.588. The predicted molar refractivity (Wildman–Crippen MR) is 48.6 cm³/mol. The van der Waals surface area contributed by atoms with Gasteiger partial charge in [0.25, 0.3) is 0 Å². The average molecular weight is 183 g/mol. The fourth-order valence-corrected chi connectivity index (χ4v) is 1.04. The molecule has 0 aromatic heterocycles. The minimum atomic E-state index is -0.112. The van der Waals surface area contributed by atoms with Crippen LogP contribution in [0, 0.1) is 0 Å². The Morgan fingerprint density at radius 2 is 1.92 bits per heavy atom. The van der Waals surface area contributed by atoms with E-state index < -0.39 is 0 Å². The highest BCUT2D eigenvalue weighted by molar-refractivity contribution is 5.40. The van der Waals surface area contributed by atoms with Crippen LogP contribution in [-0.4, -0.2) is 28.6 Å². The standard InChI is InChI=1S/C9H13NO3/c11-6-10-4-3-7-1-2-8(12)9(13)5-7/h1-2,5,10-13H,3-4,6H2. The smallest absolute Gasteiger partial charge is 0.157 e. The Morgan fingerprint density at radius 3 is 2.54 bits per heavy atom. The van der Waals surface area contributed by atoms with Crippen LogP contribution in [0.5, 0.6) is 11.5 Å². The lowest BCUT2D eigenvalue weighted by Crippen LogP contribution is -2.17. The molecule has 1 aromatic carbocycles. The maximum Gasteiger partial charge on any atom is 0.157 e. The van der Waals surface area contributed by atoms with Crippen LogP contribution in [0.4, 0.5) is 0 Å². The Kier molecular flexibility index (Phi) is 3.54. The third-order valence-corrected chi connectivity index (χ3v) is 1.74. The molecule has 0 atom stereocenters. The number of hydrogen-bond donors (Lipinski definition) is 4. The van der Waals surface area contributed by atoms with Crippen LogP contribution in [0.25, 0.3) is 0 Å². The van der Waals surface area contributed by atoms with Crippen LogP contribution in [-0.2, 0) is 6.42 Å². The molecule has 0 aliphatic heterocycles. The summed E-state index contributed by atoms with van der Waals surface area (Å²) in [5.74, 6) is -0.222. The Labute approximate surface area is 76.5 Å². The van der Waals surface area contributed by atoms with Crippen molar-refractivity contribution in [2.75, 3.05) is 13.3 Å². The molecule has 0 saturated carbocycles. The predicted octanol–water partition coefficient (Wildman–Crippen LogP) is 0.180. The molecule has 4 N–H and O–H groups in total. The average Bonchev–Trinajstić information content (AvgIpc) is 2.12. The second-order valence-electron chi connectivity index (χ2n) is 2.73. The molecular formula is C9H13NO3. The van der Waals surface area contributed by atoms with Crippen molar-refractivity contribution in [3.63, 3.8) is 0 Å². The van der Waals surface area contributed by atoms with E-state index >= 15 is 0 Å². The molecule has 4 heteroatoms. The number of aromatic hydroxyl groups is 2. The zero-order valence-electron chi connectivity index (χ0n) is 7.20. The molecule has 0 fully saturated rings. The van der Waals surface area contributed by atoms with Crippen molar-refractivity contribution >= 4 is 0 Å². The molecule has 0 aliphatic carbocycles. The number of hydrogen-bond acceptors (Lipinski definition) is 4. The second-order valence-corrected chi connectivity index (χ2v) is 2.73. The first kappa shape index (κ1) is 9.83. The van der Waals surface area contributed by atoms with Crippen molar-refractivity contribution in [1.82, 2.24) is 5.32 Å². The molecule has 0 bridgehead atoms. The van der Waals surface area contributed by atoms with Crippen LogP contribution in [0.3, 0.4) is 0 Å². The summed E-state index contributed by atoms with van der Waals surface area (Å²) < 4.78 is 0. The molecule has 0 aliphatic rings. The maximum absolute atomic E-state index is 9.14. The van der Waals surface area contributed by atoms with E-state index in [0.717, 1.165) is 5.56 Å². The SMILES string of the molecule is OCNCCc1ccc(O)c(O)c1. The van der Waals surface area contributed by atoms with Gasteiger partial charge in [0.1, 0.15) is 0 Å². The van der Waals surface area contributed by atoms with E-state index in [9.17, 15) is 0 Å². The summed E-state index contributed by atoms with van der Waals surface area (Å²) in [5, 5.41) is 29.3. The first-order chi connectivity index (χ1) is 6.24. The van der Waals surface area contributed by atoms with Gasteiger partial charge in [0.2, 0.25) is 0 Å². The number of aliphatic hydroxyl groups excluding tert-OH is 1. The van der Waals surface area contributed by atoms with Gasteiger partial charge in [-0.05, 0) is 24.1 Å². The zero-order valence-corrected chi connectivity index (χ0v) is 7.20. The lowest BCUT2D eigenvalue weighted by molar-refractivity contribution is 0.262. The molecule has 0 radical (unpaired) electrons. The van der Waals surface area contributed by atoms with Crippen LogP contribution >= 0.6 is 0 Å². The van der Waals surface area contributed by atoms with Gasteiger partial charge in [-0.25, -0.2) is 0 Å². The van der Waals surface area contributed by atoms with E-state index in [0.29, 0.717) is 13.0 Å². The quantitative estimate of drug-likeness (QED) is 0.305. The number of aliphatic hydroxyl groups is 1. The van der Waals surface area contributed by atoms with Crippen LogP contribution in [0.2, 0.25) is 0 Å². The van der Waals surface area contributed by atoms with Crippen molar-refractivity contribution in [2.24, 2.45) is 0 Å². The lowest BCUT2D eigenvalue weighted by Gasteiger charge is -2.03. The minimum Gasteiger partial charge on any atom is -0.504 e. The first-order valence-electron chi connectivity index (χ1n) is 4.06. The molecule has 72 valence electrons. The van der Waals surface area contributed by atoms with E-state index in [1.807, 2.05) is 0 Å². The molecule has 1 aromatic rings. The summed E-state index contributed by atoms with van der Waals surface area (Å²) >= 11 is 0. The summed E-state index contributed by atoms with van der Waals surface area (Å²) in [4.78, 5) is 0. The van der Waals surface area contributed by atoms with Crippen LogP contribution in [0.1, 0.15) is 5.56 Å². The molecule has 0 unspecified atom stereocenters. The summed E-state index contributed by atoms with van der Waals surface area (Å²) in [6.07, 6.45) is 0.703. The van der Waals surface area contributed by atoms with E-state index in [4.69, 9.17) is 15.3 Å². The van der Waals surface area contributed by atoms with Gasteiger partial charge in [0.05, 0.1) is 6.73 Å².